The van der Waals surface area contributed by atoms with E-state index in [-0.39, 0.29) is 0 Å². The Kier molecular flexibility index (Phi) is 9.21. The Morgan fingerprint density at radius 1 is 1.07 bits per heavy atom. The highest BCUT2D eigenvalue weighted by atomic mass is 79.9. The Morgan fingerprint density at radius 2 is 1.68 bits per heavy atom. The average molecular weight is 457 g/mol. The van der Waals surface area contributed by atoms with Crippen molar-refractivity contribution in [2.45, 2.75) is 44.7 Å². The van der Waals surface area contributed by atoms with Gasteiger partial charge in [-0.25, -0.2) is 9.59 Å². The van der Waals surface area contributed by atoms with Crippen molar-refractivity contribution in [3.63, 3.8) is 0 Å². The zero-order valence-corrected chi connectivity index (χ0v) is 17.9. The van der Waals surface area contributed by atoms with Crippen molar-refractivity contribution < 1.29 is 24.5 Å². The number of methoxy groups -OCH3 is 1. The highest BCUT2D eigenvalue weighted by Crippen LogP contribution is 2.27. The Labute approximate surface area is 174 Å². The van der Waals surface area contributed by atoms with Crippen LogP contribution in [0.3, 0.4) is 0 Å². The third kappa shape index (κ3) is 7.07. The Bertz CT molecular complexity index is 644. The standard InChI is InChI=1S/C18H27BrN2O.C2H2O4/c1-22-18-6-5-15(13-17(18)19)14-20-11-7-16(8-12-20)21-9-3-2-4-10-21;3-1(4)2(5)6/h5-6,13,16H,2-4,7-12,14H2,1H3;(H,3,4)(H,5,6). The second-order valence-corrected chi connectivity index (χ2v) is 8.04. The van der Waals surface area contributed by atoms with Gasteiger partial charge >= 0.3 is 11.9 Å². The van der Waals surface area contributed by atoms with Crippen molar-refractivity contribution in [2.75, 3.05) is 33.3 Å². The number of benzene rings is 1. The second-order valence-electron chi connectivity index (χ2n) is 7.18. The highest BCUT2D eigenvalue weighted by molar-refractivity contribution is 9.10. The van der Waals surface area contributed by atoms with Crippen LogP contribution in [-0.4, -0.2) is 71.3 Å². The van der Waals surface area contributed by atoms with E-state index in [4.69, 9.17) is 24.5 Å². The number of carboxylic acids is 2. The molecule has 3 rings (SSSR count). The lowest BCUT2D eigenvalue weighted by atomic mass is 9.99. The fourth-order valence-electron chi connectivity index (χ4n) is 3.79. The number of hydrogen-bond donors (Lipinski definition) is 2. The van der Waals surface area contributed by atoms with Gasteiger partial charge < -0.3 is 19.8 Å². The molecule has 0 spiro atoms. The Morgan fingerprint density at radius 3 is 2.18 bits per heavy atom. The number of aliphatic carboxylic acids is 2. The molecule has 1 aromatic rings. The lowest BCUT2D eigenvalue weighted by Crippen LogP contribution is -2.46. The van der Waals surface area contributed by atoms with Crippen molar-refractivity contribution in [2.24, 2.45) is 0 Å². The van der Waals surface area contributed by atoms with Crippen LogP contribution in [0.25, 0.3) is 0 Å². The fourth-order valence-corrected chi connectivity index (χ4v) is 4.38. The van der Waals surface area contributed by atoms with E-state index in [1.165, 1.54) is 63.8 Å². The van der Waals surface area contributed by atoms with E-state index in [2.05, 4.69) is 43.9 Å². The quantitative estimate of drug-likeness (QED) is 0.672. The minimum atomic E-state index is -1.82. The second kappa shape index (κ2) is 11.4. The topological polar surface area (TPSA) is 90.3 Å². The molecule has 28 heavy (non-hydrogen) atoms. The molecule has 7 nitrogen and oxygen atoms in total. The third-order valence-corrected chi connectivity index (χ3v) is 5.89. The van der Waals surface area contributed by atoms with E-state index < -0.39 is 11.9 Å². The SMILES string of the molecule is COc1ccc(CN2CCC(N3CCCCC3)CC2)cc1Br.O=C(O)C(=O)O. The summed E-state index contributed by atoms with van der Waals surface area (Å²) in [5.41, 5.74) is 1.36. The number of carboxylic acid groups (broad SMARTS) is 2. The summed E-state index contributed by atoms with van der Waals surface area (Å²) in [6, 6.07) is 7.26. The molecule has 156 valence electrons. The maximum atomic E-state index is 9.10. The van der Waals surface area contributed by atoms with Gasteiger partial charge in [-0.05, 0) is 85.5 Å². The molecule has 0 unspecified atom stereocenters. The summed E-state index contributed by atoms with van der Waals surface area (Å²) in [5.74, 6) is -2.74. The molecular weight excluding hydrogens is 428 g/mol. The lowest BCUT2D eigenvalue weighted by molar-refractivity contribution is -0.159. The summed E-state index contributed by atoms with van der Waals surface area (Å²) in [6.07, 6.45) is 6.90. The maximum absolute atomic E-state index is 9.10. The van der Waals surface area contributed by atoms with E-state index >= 15 is 0 Å². The van der Waals surface area contributed by atoms with Crippen LogP contribution in [0.1, 0.15) is 37.7 Å². The molecule has 0 aliphatic carbocycles. The predicted octanol–water partition coefficient (Wildman–Crippen LogP) is 3.06. The van der Waals surface area contributed by atoms with Gasteiger partial charge in [0.15, 0.2) is 0 Å². The molecule has 0 saturated carbocycles. The van der Waals surface area contributed by atoms with Gasteiger partial charge in [-0.3, -0.25) is 4.90 Å². The van der Waals surface area contributed by atoms with Gasteiger partial charge in [0.2, 0.25) is 0 Å². The summed E-state index contributed by atoms with van der Waals surface area (Å²) in [6.45, 7) is 6.16. The molecule has 0 aromatic heterocycles. The molecule has 2 heterocycles. The molecule has 8 heteroatoms. The number of carbonyl (C=O) groups is 2. The highest BCUT2D eigenvalue weighted by Gasteiger charge is 2.25. The summed E-state index contributed by atoms with van der Waals surface area (Å²) in [5, 5.41) is 14.8. The number of piperidine rings is 2. The van der Waals surface area contributed by atoms with Gasteiger partial charge in [-0.2, -0.15) is 0 Å². The first-order chi connectivity index (χ1) is 13.4. The molecule has 1 aromatic carbocycles. The number of halogens is 1. The number of hydrogen-bond acceptors (Lipinski definition) is 5. The van der Waals surface area contributed by atoms with Crippen LogP contribution in [-0.2, 0) is 16.1 Å². The molecule has 0 radical (unpaired) electrons. The third-order valence-electron chi connectivity index (χ3n) is 5.27. The van der Waals surface area contributed by atoms with E-state index in [0.717, 1.165) is 22.8 Å². The van der Waals surface area contributed by atoms with Crippen molar-refractivity contribution in [3.05, 3.63) is 28.2 Å². The molecule has 2 aliphatic rings. The number of ether oxygens (including phenoxy) is 1. The normalized spacial score (nSPS) is 18.8. The van der Waals surface area contributed by atoms with E-state index in [9.17, 15) is 0 Å². The molecule has 2 saturated heterocycles. The van der Waals surface area contributed by atoms with E-state index in [1.54, 1.807) is 7.11 Å². The van der Waals surface area contributed by atoms with Crippen molar-refractivity contribution in [1.82, 2.24) is 9.80 Å². The minimum Gasteiger partial charge on any atom is -0.496 e. The summed E-state index contributed by atoms with van der Waals surface area (Å²) < 4.78 is 6.36. The molecule has 2 fully saturated rings. The molecule has 0 atom stereocenters. The van der Waals surface area contributed by atoms with Gasteiger partial charge in [0.1, 0.15) is 5.75 Å². The monoisotopic (exact) mass is 456 g/mol. The van der Waals surface area contributed by atoms with Gasteiger partial charge in [-0.1, -0.05) is 12.5 Å². The molecular formula is C20H29BrN2O5. The fraction of sp³-hybridized carbons (Fsp3) is 0.600. The number of nitrogens with zero attached hydrogens (tertiary/aromatic N) is 2. The number of likely N-dealkylation sites (tertiary alicyclic amines) is 2. The Hall–Kier alpha value is -1.64. The summed E-state index contributed by atoms with van der Waals surface area (Å²) >= 11 is 3.58. The van der Waals surface area contributed by atoms with Gasteiger partial charge in [0.05, 0.1) is 11.6 Å². The van der Waals surface area contributed by atoms with Crippen LogP contribution in [0, 0.1) is 0 Å². The first-order valence-electron chi connectivity index (χ1n) is 9.65. The van der Waals surface area contributed by atoms with Crippen molar-refractivity contribution in [1.29, 1.82) is 0 Å². The molecule has 2 N–H and O–H groups in total. The van der Waals surface area contributed by atoms with Crippen molar-refractivity contribution in [3.8, 4) is 5.75 Å². The van der Waals surface area contributed by atoms with Crippen molar-refractivity contribution >= 4 is 27.9 Å². The average Bonchev–Trinajstić information content (AvgIpc) is 2.70. The minimum absolute atomic E-state index is 0.833. The van der Waals surface area contributed by atoms with E-state index in [0.29, 0.717) is 0 Å². The van der Waals surface area contributed by atoms with Crippen LogP contribution in [0.15, 0.2) is 22.7 Å². The smallest absolute Gasteiger partial charge is 0.414 e. The van der Waals surface area contributed by atoms with Crippen LogP contribution in [0.2, 0.25) is 0 Å². The lowest BCUT2D eigenvalue weighted by Gasteiger charge is -2.40. The Balaban J connectivity index is 0.000000409. The predicted molar refractivity (Wildman–Crippen MR) is 110 cm³/mol. The van der Waals surface area contributed by atoms with Gasteiger partial charge in [0.25, 0.3) is 0 Å². The number of rotatable bonds is 4. The van der Waals surface area contributed by atoms with Crippen LogP contribution in [0.5, 0.6) is 5.75 Å². The van der Waals surface area contributed by atoms with Crippen LogP contribution in [0.4, 0.5) is 0 Å². The maximum Gasteiger partial charge on any atom is 0.414 e. The molecule has 2 aliphatic heterocycles. The van der Waals surface area contributed by atoms with Crippen LogP contribution >= 0.6 is 15.9 Å². The summed E-state index contributed by atoms with van der Waals surface area (Å²) in [7, 11) is 1.71. The molecule has 0 amide bonds. The zero-order valence-electron chi connectivity index (χ0n) is 16.3. The first-order valence-corrected chi connectivity index (χ1v) is 10.4. The largest absolute Gasteiger partial charge is 0.496 e. The van der Waals surface area contributed by atoms with Gasteiger partial charge in [-0.15, -0.1) is 0 Å². The van der Waals surface area contributed by atoms with Crippen LogP contribution < -0.4 is 4.74 Å². The van der Waals surface area contributed by atoms with E-state index in [1.807, 2.05) is 0 Å². The first kappa shape index (κ1) is 22.6. The van der Waals surface area contributed by atoms with Gasteiger partial charge in [0, 0.05) is 12.6 Å². The summed E-state index contributed by atoms with van der Waals surface area (Å²) in [4.78, 5) is 23.5. The molecule has 0 bridgehead atoms. The zero-order chi connectivity index (χ0) is 20.5.